The van der Waals surface area contributed by atoms with Gasteiger partial charge in [-0.2, -0.15) is 0 Å². The van der Waals surface area contributed by atoms with Crippen LogP contribution in [-0.4, -0.2) is 38.5 Å². The molecule has 2 atom stereocenters. The molecular weight excluding hydrogens is 557 g/mol. The molecule has 13 heteroatoms. The molecule has 0 aromatic heterocycles. The number of anilines is 1. The fraction of sp³-hybridized carbons (Fsp3) is 0.458. The number of fused-ring (bicyclic) bond motifs is 1. The van der Waals surface area contributed by atoms with Gasteiger partial charge in [-0.25, -0.2) is 22.0 Å². The van der Waals surface area contributed by atoms with Crippen molar-refractivity contribution in [3.8, 4) is 0 Å². The number of halogens is 1. The first-order valence-corrected chi connectivity index (χ1v) is 15.9. The van der Waals surface area contributed by atoms with Gasteiger partial charge >= 0.3 is 14.2 Å². The van der Waals surface area contributed by atoms with Crippen LogP contribution in [-0.2, 0) is 35.0 Å². The minimum absolute atomic E-state index is 0.0621. The van der Waals surface area contributed by atoms with E-state index in [1.54, 1.807) is 12.1 Å². The molecule has 37 heavy (non-hydrogen) atoms. The summed E-state index contributed by atoms with van der Waals surface area (Å²) in [5.41, 5.74) is 1.68. The normalized spacial score (nSPS) is 16.6. The van der Waals surface area contributed by atoms with Gasteiger partial charge in [0.15, 0.2) is 0 Å². The molecule has 0 amide bonds. The van der Waals surface area contributed by atoms with Crippen molar-refractivity contribution < 1.29 is 26.8 Å². The molecule has 2 aromatic carbocycles. The van der Waals surface area contributed by atoms with Crippen LogP contribution in [0.1, 0.15) is 51.0 Å². The minimum Gasteiger partial charge on any atom is -0.394 e. The summed E-state index contributed by atoms with van der Waals surface area (Å²) in [6.07, 6.45) is 5.75. The molecule has 0 spiro atoms. The summed E-state index contributed by atoms with van der Waals surface area (Å²) < 4.78 is 51.4. The van der Waals surface area contributed by atoms with Gasteiger partial charge in [0, 0.05) is 18.4 Å². The Kier molecular flexibility index (Phi) is 11.8. The summed E-state index contributed by atoms with van der Waals surface area (Å²) in [6.45, 7) is 1.70. The van der Waals surface area contributed by atoms with Crippen molar-refractivity contribution in [2.24, 2.45) is 0 Å². The Bertz CT molecular complexity index is 1190. The number of sulfonamides is 1. The van der Waals surface area contributed by atoms with Crippen LogP contribution in [0.4, 0.5) is 5.69 Å². The van der Waals surface area contributed by atoms with Crippen molar-refractivity contribution in [1.82, 2.24) is 9.03 Å². The maximum absolute atomic E-state index is 12.9. The molecule has 0 saturated heterocycles. The Hall–Kier alpha value is -1.59. The number of unbranched alkanes of at least 4 members (excludes halogenated alkanes) is 4. The molecule has 1 aliphatic heterocycles. The van der Waals surface area contributed by atoms with Crippen LogP contribution >= 0.6 is 31.8 Å². The van der Waals surface area contributed by atoms with Crippen molar-refractivity contribution in [3.05, 3.63) is 53.1 Å². The fourth-order valence-electron chi connectivity index (χ4n) is 3.80. The molecule has 0 fully saturated rings. The molecule has 3 rings (SSSR count). The molecule has 0 radical (unpaired) electrons. The lowest BCUT2D eigenvalue weighted by molar-refractivity contribution is -0.132. The second-order valence-corrected chi connectivity index (χ2v) is 13.0. The predicted molar refractivity (Wildman–Crippen MR) is 147 cm³/mol. The Labute approximate surface area is 228 Å². The first-order chi connectivity index (χ1) is 17.7. The Morgan fingerprint density at radius 1 is 1.16 bits per heavy atom. The summed E-state index contributed by atoms with van der Waals surface area (Å²) in [6, 6.07) is 12.6. The lowest BCUT2D eigenvalue weighted by atomic mass is 10.1. The van der Waals surface area contributed by atoms with Gasteiger partial charge in [-0.3, -0.25) is 4.79 Å². The number of benzene rings is 2. The van der Waals surface area contributed by atoms with Gasteiger partial charge in [-0.1, -0.05) is 67.6 Å². The maximum Gasteiger partial charge on any atom is 0.369 e. The zero-order chi connectivity index (χ0) is 26.8. The minimum atomic E-state index is -3.78. The van der Waals surface area contributed by atoms with E-state index >= 15 is 0 Å². The van der Waals surface area contributed by atoms with Crippen molar-refractivity contribution in [2.45, 2.75) is 68.0 Å². The highest BCUT2D eigenvalue weighted by molar-refractivity contribution is 7.97. The number of nitrogens with zero attached hydrogens (tertiary/aromatic N) is 1. The largest absolute Gasteiger partial charge is 0.394 e. The molecule has 1 aliphatic rings. The molecule has 2 N–H and O–H groups in total. The predicted octanol–water partition coefficient (Wildman–Crippen LogP) is 5.82. The van der Waals surface area contributed by atoms with Crippen molar-refractivity contribution in [3.63, 3.8) is 0 Å². The van der Waals surface area contributed by atoms with Crippen LogP contribution in [0.25, 0.3) is 0 Å². The Balaban J connectivity index is 1.45. The van der Waals surface area contributed by atoms with E-state index in [2.05, 4.69) is 18.9 Å². The number of nitrogens with one attached hydrogen (secondary N) is 2. The van der Waals surface area contributed by atoms with Gasteiger partial charge in [0.2, 0.25) is 10.0 Å². The average molecular weight is 590 g/mol. The van der Waals surface area contributed by atoms with E-state index in [1.807, 2.05) is 37.4 Å². The third kappa shape index (κ3) is 9.58. The summed E-state index contributed by atoms with van der Waals surface area (Å²) in [5.74, 6) is -0.602. The van der Waals surface area contributed by atoms with Crippen LogP contribution in [0.5, 0.6) is 0 Å². The molecule has 0 saturated carbocycles. The number of carbonyl (C=O) groups excluding carboxylic acids is 1. The van der Waals surface area contributed by atoms with E-state index in [9.17, 15) is 17.8 Å². The van der Waals surface area contributed by atoms with Gasteiger partial charge in [0.1, 0.15) is 4.90 Å². The van der Waals surface area contributed by atoms with Gasteiger partial charge in [-0.15, -0.1) is 0 Å². The van der Waals surface area contributed by atoms with Crippen LogP contribution in [0, 0.1) is 0 Å². The molecule has 1 heterocycles. The zero-order valence-corrected chi connectivity index (χ0v) is 24.3. The number of hydrogen-bond acceptors (Lipinski definition) is 9. The first kappa shape index (κ1) is 30.0. The second kappa shape index (κ2) is 14.5. The molecule has 2 aromatic rings. The molecular formula is C24H33ClN3O6PS2. The second-order valence-electron chi connectivity index (χ2n) is 8.64. The zero-order valence-electron chi connectivity index (χ0n) is 20.9. The van der Waals surface area contributed by atoms with Gasteiger partial charge in [0.05, 0.1) is 23.5 Å². The lowest BCUT2D eigenvalue weighted by Crippen LogP contribution is -2.36. The van der Waals surface area contributed by atoms with E-state index in [-0.39, 0.29) is 22.6 Å². The van der Waals surface area contributed by atoms with Gasteiger partial charge < -0.3 is 14.4 Å². The summed E-state index contributed by atoms with van der Waals surface area (Å²) in [7, 11) is -4.52. The number of rotatable bonds is 14. The summed E-state index contributed by atoms with van der Waals surface area (Å²) in [4.78, 5) is 11.6. The topological polar surface area (TPSA) is 114 Å². The maximum atomic E-state index is 12.9. The highest BCUT2D eigenvalue weighted by Crippen LogP contribution is 2.41. The first-order valence-electron chi connectivity index (χ1n) is 12.1. The van der Waals surface area contributed by atoms with E-state index < -0.39 is 24.2 Å². The number of carbonyl (C=O) groups is 1. The van der Waals surface area contributed by atoms with Gasteiger partial charge in [0.25, 0.3) is 0 Å². The van der Waals surface area contributed by atoms with E-state index in [0.29, 0.717) is 6.61 Å². The van der Waals surface area contributed by atoms with Gasteiger partial charge in [-0.05, 0) is 49.5 Å². The highest BCUT2D eigenvalue weighted by atomic mass is 35.5. The van der Waals surface area contributed by atoms with Crippen LogP contribution in [0.15, 0.2) is 52.3 Å². The fourth-order valence-corrected chi connectivity index (χ4v) is 7.03. The summed E-state index contributed by atoms with van der Waals surface area (Å²) >= 11 is 7.90. The quantitative estimate of drug-likeness (QED) is 0.160. The van der Waals surface area contributed by atoms with Crippen molar-refractivity contribution in [2.75, 3.05) is 19.0 Å². The van der Waals surface area contributed by atoms with Crippen LogP contribution in [0.3, 0.4) is 0 Å². The van der Waals surface area contributed by atoms with E-state index in [0.717, 1.165) is 54.7 Å². The Morgan fingerprint density at radius 2 is 1.86 bits per heavy atom. The van der Waals surface area contributed by atoms with Crippen molar-refractivity contribution in [1.29, 1.82) is 0 Å². The SMILES string of the molecule is CC(=O)O[PH](=O)OCCCCCCCC1Nc2cc(Cl)c(S(=O)(=O)NCc3ccccc3)cc2SN1C. The van der Waals surface area contributed by atoms with Crippen molar-refractivity contribution >= 4 is 53.5 Å². The third-order valence-electron chi connectivity index (χ3n) is 5.70. The number of hydrogen-bond donors (Lipinski definition) is 2. The standard InChI is InChI=1S/C24H33ClN3O6PS2/c1-18(29)34-35(30)33-14-10-5-3-4-9-13-24-27-21-15-20(25)23(16-22(21)36-28(24)2)37(31,32)26-17-19-11-7-6-8-12-19/h6-8,11-12,15-16,24,26-27,35H,3-5,9-10,13-14,17H2,1-2H3. The monoisotopic (exact) mass is 589 g/mol. The smallest absolute Gasteiger partial charge is 0.369 e. The molecule has 0 bridgehead atoms. The van der Waals surface area contributed by atoms with E-state index in [4.69, 9.17) is 16.1 Å². The molecule has 2 unspecified atom stereocenters. The van der Waals surface area contributed by atoms with Crippen LogP contribution < -0.4 is 10.0 Å². The van der Waals surface area contributed by atoms with Crippen LogP contribution in [0.2, 0.25) is 5.02 Å². The molecule has 9 nitrogen and oxygen atoms in total. The molecule has 204 valence electrons. The van der Waals surface area contributed by atoms with E-state index in [1.165, 1.54) is 18.9 Å². The summed E-state index contributed by atoms with van der Waals surface area (Å²) in [5, 5.41) is 3.65. The molecule has 0 aliphatic carbocycles. The average Bonchev–Trinajstić information content (AvgIpc) is 2.84. The third-order valence-corrected chi connectivity index (χ3v) is 9.54. The highest BCUT2D eigenvalue weighted by Gasteiger charge is 2.27. The lowest BCUT2D eigenvalue weighted by Gasteiger charge is -2.35. The Morgan fingerprint density at radius 3 is 2.59 bits per heavy atom.